The van der Waals surface area contributed by atoms with Crippen LogP contribution in [0.4, 0.5) is 5.82 Å². The number of ether oxygens (including phenoxy) is 1. The number of aromatic nitrogens is 1. The number of fused-ring (bicyclic) bond motifs is 1. The Morgan fingerprint density at radius 3 is 3.00 bits per heavy atom. The van der Waals surface area contributed by atoms with Crippen molar-refractivity contribution in [1.82, 2.24) is 4.98 Å². The fourth-order valence-corrected chi connectivity index (χ4v) is 2.86. The fourth-order valence-electron chi connectivity index (χ4n) is 2.86. The molecule has 108 valence electrons. The minimum Gasteiger partial charge on any atom is -0.465 e. The molecule has 0 amide bonds. The highest BCUT2D eigenvalue weighted by atomic mass is 16.5. The van der Waals surface area contributed by atoms with E-state index in [2.05, 4.69) is 34.6 Å². The summed E-state index contributed by atoms with van der Waals surface area (Å²) in [4.78, 5) is 16.1. The molecule has 0 bridgehead atoms. The first-order chi connectivity index (χ1) is 10.3. The van der Waals surface area contributed by atoms with Crippen molar-refractivity contribution in [3.8, 4) is 0 Å². The number of hydrogen-bond donors (Lipinski definition) is 1. The van der Waals surface area contributed by atoms with Gasteiger partial charge in [-0.2, -0.15) is 0 Å². The van der Waals surface area contributed by atoms with Crippen molar-refractivity contribution in [2.24, 2.45) is 0 Å². The van der Waals surface area contributed by atoms with Gasteiger partial charge in [-0.3, -0.25) is 0 Å². The van der Waals surface area contributed by atoms with Crippen molar-refractivity contribution in [2.75, 3.05) is 12.4 Å². The van der Waals surface area contributed by atoms with Gasteiger partial charge >= 0.3 is 5.97 Å². The van der Waals surface area contributed by atoms with E-state index in [0.29, 0.717) is 11.4 Å². The predicted octanol–water partition coefficient (Wildman–Crippen LogP) is 3.36. The van der Waals surface area contributed by atoms with Crippen LogP contribution in [0.1, 0.15) is 40.4 Å². The lowest BCUT2D eigenvalue weighted by Gasteiger charge is -2.27. The molecule has 1 aromatic heterocycles. The third-order valence-corrected chi connectivity index (χ3v) is 3.89. The van der Waals surface area contributed by atoms with Gasteiger partial charge < -0.3 is 10.1 Å². The molecule has 1 aliphatic carbocycles. The molecule has 1 heterocycles. The highest BCUT2D eigenvalue weighted by molar-refractivity contribution is 5.94. The van der Waals surface area contributed by atoms with Crippen molar-refractivity contribution in [3.05, 3.63) is 59.3 Å². The molecule has 0 saturated carbocycles. The Morgan fingerprint density at radius 2 is 2.14 bits per heavy atom. The second-order valence-electron chi connectivity index (χ2n) is 5.18. The Balaban J connectivity index is 1.90. The smallest absolute Gasteiger partial charge is 0.341 e. The molecule has 0 spiro atoms. The molecule has 3 rings (SSSR count). The number of rotatable bonds is 3. The lowest BCUT2D eigenvalue weighted by Crippen LogP contribution is -2.19. The third-order valence-electron chi connectivity index (χ3n) is 3.89. The topological polar surface area (TPSA) is 51.2 Å². The van der Waals surface area contributed by atoms with Gasteiger partial charge in [-0.15, -0.1) is 0 Å². The monoisotopic (exact) mass is 282 g/mol. The number of carbonyl (C=O) groups is 1. The van der Waals surface area contributed by atoms with Gasteiger partial charge in [0, 0.05) is 6.20 Å². The van der Waals surface area contributed by atoms with E-state index < -0.39 is 0 Å². The van der Waals surface area contributed by atoms with Crippen LogP contribution < -0.4 is 5.32 Å². The minimum atomic E-state index is -0.366. The van der Waals surface area contributed by atoms with Crippen LogP contribution in [0.5, 0.6) is 0 Å². The number of nitrogens with one attached hydrogen (secondary N) is 1. The molecular weight excluding hydrogens is 264 g/mol. The number of benzene rings is 1. The van der Waals surface area contributed by atoms with Gasteiger partial charge in [0.05, 0.1) is 13.2 Å². The molecule has 0 radical (unpaired) electrons. The molecule has 0 saturated heterocycles. The summed E-state index contributed by atoms with van der Waals surface area (Å²) in [5.74, 6) is 0.223. The van der Waals surface area contributed by atoms with Gasteiger partial charge in [0.15, 0.2) is 0 Å². The number of methoxy groups -OCH3 is 1. The minimum absolute atomic E-state index is 0.188. The maximum Gasteiger partial charge on any atom is 0.341 e. The van der Waals surface area contributed by atoms with Crippen LogP contribution in [-0.2, 0) is 11.2 Å². The Hall–Kier alpha value is -2.36. The van der Waals surface area contributed by atoms with Crippen LogP contribution in [-0.4, -0.2) is 18.1 Å². The van der Waals surface area contributed by atoms with Gasteiger partial charge in [0.2, 0.25) is 0 Å². The van der Waals surface area contributed by atoms with Crippen molar-refractivity contribution >= 4 is 11.8 Å². The molecule has 0 fully saturated rings. The van der Waals surface area contributed by atoms with E-state index in [4.69, 9.17) is 4.74 Å². The van der Waals surface area contributed by atoms with Crippen LogP contribution in [0.25, 0.3) is 0 Å². The Labute approximate surface area is 124 Å². The van der Waals surface area contributed by atoms with E-state index in [1.807, 2.05) is 0 Å². The zero-order valence-electron chi connectivity index (χ0n) is 12.0. The number of nitrogens with zero attached hydrogens (tertiary/aromatic N) is 1. The van der Waals surface area contributed by atoms with E-state index in [1.54, 1.807) is 18.3 Å². The number of carbonyl (C=O) groups excluding carboxylic acids is 1. The van der Waals surface area contributed by atoms with Crippen LogP contribution in [0.3, 0.4) is 0 Å². The third kappa shape index (κ3) is 2.75. The molecular formula is C17H18N2O2. The highest BCUT2D eigenvalue weighted by Gasteiger charge is 2.22. The Morgan fingerprint density at radius 1 is 1.29 bits per heavy atom. The highest BCUT2D eigenvalue weighted by Crippen LogP contribution is 2.32. The largest absolute Gasteiger partial charge is 0.465 e. The van der Waals surface area contributed by atoms with E-state index in [0.717, 1.165) is 19.3 Å². The lowest BCUT2D eigenvalue weighted by molar-refractivity contribution is 0.0601. The number of esters is 1. The van der Waals surface area contributed by atoms with Crippen molar-refractivity contribution in [3.63, 3.8) is 0 Å². The zero-order chi connectivity index (χ0) is 14.7. The van der Waals surface area contributed by atoms with Gasteiger partial charge in [0.1, 0.15) is 11.4 Å². The maximum atomic E-state index is 11.8. The summed E-state index contributed by atoms with van der Waals surface area (Å²) >= 11 is 0. The van der Waals surface area contributed by atoms with E-state index in [9.17, 15) is 4.79 Å². The summed E-state index contributed by atoms with van der Waals surface area (Å²) in [6.07, 6.45) is 4.97. The molecule has 1 N–H and O–H groups in total. The quantitative estimate of drug-likeness (QED) is 0.877. The SMILES string of the molecule is COC(=O)c1cccnc1NC1CCCc2ccccc21. The second-order valence-corrected chi connectivity index (χ2v) is 5.18. The van der Waals surface area contributed by atoms with Crippen molar-refractivity contribution in [1.29, 1.82) is 0 Å². The number of anilines is 1. The predicted molar refractivity (Wildman–Crippen MR) is 81.3 cm³/mol. The standard InChI is InChI=1S/C17H18N2O2/c1-21-17(20)14-9-5-11-18-16(14)19-15-10-4-7-12-6-2-3-8-13(12)15/h2-3,5-6,8-9,11,15H,4,7,10H2,1H3,(H,18,19). The Bertz CT molecular complexity index is 655. The molecule has 4 heteroatoms. The molecule has 0 aliphatic heterocycles. The molecule has 4 nitrogen and oxygen atoms in total. The average molecular weight is 282 g/mol. The first kappa shape index (κ1) is 13.6. The van der Waals surface area contributed by atoms with Crippen LogP contribution in [0.2, 0.25) is 0 Å². The summed E-state index contributed by atoms with van der Waals surface area (Å²) in [6, 6.07) is 12.1. The van der Waals surface area contributed by atoms with Crippen LogP contribution >= 0.6 is 0 Å². The molecule has 21 heavy (non-hydrogen) atoms. The number of hydrogen-bond acceptors (Lipinski definition) is 4. The molecule has 1 aromatic carbocycles. The Kier molecular flexibility index (Phi) is 3.86. The second kappa shape index (κ2) is 5.95. The normalized spacial score (nSPS) is 16.9. The molecule has 1 unspecified atom stereocenters. The summed E-state index contributed by atoms with van der Waals surface area (Å²) in [7, 11) is 1.38. The first-order valence-corrected chi connectivity index (χ1v) is 7.17. The van der Waals surface area contributed by atoms with E-state index >= 15 is 0 Å². The lowest BCUT2D eigenvalue weighted by atomic mass is 9.87. The van der Waals surface area contributed by atoms with Gasteiger partial charge in [-0.05, 0) is 42.5 Å². The molecule has 2 aromatic rings. The summed E-state index contributed by atoms with van der Waals surface area (Å²) in [6.45, 7) is 0. The summed E-state index contributed by atoms with van der Waals surface area (Å²) < 4.78 is 4.82. The average Bonchev–Trinajstić information content (AvgIpc) is 2.55. The van der Waals surface area contributed by atoms with Gasteiger partial charge in [-0.1, -0.05) is 24.3 Å². The number of pyridine rings is 1. The maximum absolute atomic E-state index is 11.8. The summed E-state index contributed by atoms with van der Waals surface area (Å²) in [5, 5.41) is 3.41. The molecule has 1 aliphatic rings. The van der Waals surface area contributed by atoms with Gasteiger partial charge in [0.25, 0.3) is 0 Å². The number of aryl methyl sites for hydroxylation is 1. The van der Waals surface area contributed by atoms with Crippen molar-refractivity contribution in [2.45, 2.75) is 25.3 Å². The van der Waals surface area contributed by atoms with Gasteiger partial charge in [-0.25, -0.2) is 9.78 Å². The summed E-state index contributed by atoms with van der Waals surface area (Å²) in [5.41, 5.74) is 3.14. The van der Waals surface area contributed by atoms with E-state index in [-0.39, 0.29) is 12.0 Å². The van der Waals surface area contributed by atoms with Crippen molar-refractivity contribution < 1.29 is 9.53 Å². The fraction of sp³-hybridized carbons (Fsp3) is 0.294. The first-order valence-electron chi connectivity index (χ1n) is 7.17. The zero-order valence-corrected chi connectivity index (χ0v) is 12.0. The van der Waals surface area contributed by atoms with Crippen LogP contribution in [0.15, 0.2) is 42.6 Å². The van der Waals surface area contributed by atoms with Crippen LogP contribution in [0, 0.1) is 0 Å². The van der Waals surface area contributed by atoms with E-state index in [1.165, 1.54) is 18.2 Å². The molecule has 1 atom stereocenters.